The zero-order valence-electron chi connectivity index (χ0n) is 7.12. The van der Waals surface area contributed by atoms with Crippen LogP contribution in [0.1, 0.15) is 12.0 Å². The third kappa shape index (κ3) is 3.82. The topological polar surface area (TPSA) is 12.0 Å². The predicted molar refractivity (Wildman–Crippen MR) is 57.4 cm³/mol. The van der Waals surface area contributed by atoms with E-state index >= 15 is 0 Å². The first-order valence-corrected chi connectivity index (χ1v) is 3.63. The second-order valence-electron chi connectivity index (χ2n) is 2.51. The van der Waals surface area contributed by atoms with Crippen LogP contribution in [0.5, 0.6) is 0 Å². The molecule has 72 valence electrons. The Hall–Kier alpha value is 0.184. The van der Waals surface area contributed by atoms with Gasteiger partial charge in [0.15, 0.2) is 0 Å². The Morgan fingerprint density at radius 2 is 1.85 bits per heavy atom. The Bertz CT molecular complexity index is 218. The van der Waals surface area contributed by atoms with Crippen molar-refractivity contribution < 1.29 is 21.7 Å². The maximum Gasteiger partial charge on any atom is 0 e. The molecule has 0 amide bonds. The maximum absolute atomic E-state index is 3.33. The van der Waals surface area contributed by atoms with E-state index in [0.29, 0.717) is 0 Å². The molecule has 4 heteroatoms. The summed E-state index contributed by atoms with van der Waals surface area (Å²) in [6.45, 7) is 1.08. The summed E-state index contributed by atoms with van der Waals surface area (Å²) in [6.07, 6.45) is 3.42. The average Bonchev–Trinajstić information content (AvgIpc) is 2.05. The number of rotatable bonds is 0. The first-order valence-electron chi connectivity index (χ1n) is 3.63. The largest absolute Gasteiger partial charge is 0.437 e. The van der Waals surface area contributed by atoms with Gasteiger partial charge in [-0.2, -0.15) is 18.1 Å². The molecule has 0 bridgehead atoms. The van der Waals surface area contributed by atoms with Crippen LogP contribution in [0.4, 0.5) is 5.69 Å². The van der Waals surface area contributed by atoms with E-state index in [0.717, 1.165) is 13.0 Å². The molecular formula is C9H12Cl2NTi-. The van der Waals surface area contributed by atoms with Crippen LogP contribution in [0, 0.1) is 6.42 Å². The Morgan fingerprint density at radius 1 is 1.15 bits per heavy atom. The molecule has 1 nitrogen and oxygen atoms in total. The van der Waals surface area contributed by atoms with E-state index < -0.39 is 0 Å². The summed E-state index contributed by atoms with van der Waals surface area (Å²) in [5, 5.41) is 3.33. The Morgan fingerprint density at radius 3 is 2.54 bits per heavy atom. The average molecular weight is 253 g/mol. The van der Waals surface area contributed by atoms with Crippen molar-refractivity contribution in [2.75, 3.05) is 11.9 Å². The molecular weight excluding hydrogens is 241 g/mol. The van der Waals surface area contributed by atoms with Gasteiger partial charge in [0.05, 0.1) is 0 Å². The smallest absolute Gasteiger partial charge is 0 e. The van der Waals surface area contributed by atoms with E-state index in [9.17, 15) is 0 Å². The molecule has 1 aliphatic rings. The number of benzene rings is 1. The molecule has 0 saturated heterocycles. The predicted octanol–water partition coefficient (Wildman–Crippen LogP) is 2.90. The first kappa shape index (κ1) is 15.6. The second kappa shape index (κ2) is 7.58. The molecule has 0 aliphatic carbocycles. The van der Waals surface area contributed by atoms with Crippen molar-refractivity contribution in [3.05, 3.63) is 36.2 Å². The molecule has 1 heterocycles. The maximum atomic E-state index is 3.33. The zero-order valence-corrected chi connectivity index (χ0v) is 10.3. The normalized spacial score (nSPS) is 11.4. The summed E-state index contributed by atoms with van der Waals surface area (Å²) in [7, 11) is 0. The van der Waals surface area contributed by atoms with Crippen LogP contribution >= 0.6 is 24.8 Å². The van der Waals surface area contributed by atoms with Crippen LogP contribution in [-0.2, 0) is 21.7 Å². The standard InChI is InChI=1S/C9H10N.2ClH.Ti/c1-2-6-9-8(4-1)5-3-7-10-9;;;/h1-2,4-6,10H,3,7H2;2*1H;/q-1;;;. The van der Waals surface area contributed by atoms with Crippen molar-refractivity contribution in [1.82, 2.24) is 0 Å². The Kier molecular flexibility index (Phi) is 9.12. The summed E-state index contributed by atoms with van der Waals surface area (Å²) in [5.74, 6) is 0. The number of anilines is 1. The number of hydrogen-bond donors (Lipinski definition) is 1. The number of halogens is 2. The molecule has 13 heavy (non-hydrogen) atoms. The van der Waals surface area contributed by atoms with Crippen molar-refractivity contribution in [3.8, 4) is 0 Å². The molecule has 0 atom stereocenters. The fourth-order valence-corrected chi connectivity index (χ4v) is 1.27. The summed E-state index contributed by atoms with van der Waals surface area (Å²) in [4.78, 5) is 0. The van der Waals surface area contributed by atoms with E-state index in [1.54, 1.807) is 0 Å². The molecule has 0 spiro atoms. The molecule has 1 aromatic carbocycles. The molecule has 0 radical (unpaired) electrons. The minimum atomic E-state index is 0. The summed E-state index contributed by atoms with van der Waals surface area (Å²) >= 11 is 0. The Labute approximate surface area is 106 Å². The fraction of sp³-hybridized carbons (Fsp3) is 0.222. The molecule has 1 aliphatic heterocycles. The van der Waals surface area contributed by atoms with Gasteiger partial charge in [0.25, 0.3) is 0 Å². The Balaban J connectivity index is 0. The van der Waals surface area contributed by atoms with E-state index in [1.807, 2.05) is 0 Å². The van der Waals surface area contributed by atoms with Gasteiger partial charge in [-0.15, -0.1) is 30.9 Å². The van der Waals surface area contributed by atoms with Gasteiger partial charge in [-0.1, -0.05) is 24.2 Å². The first-order chi connectivity index (χ1) is 4.97. The number of fused-ring (bicyclic) bond motifs is 1. The molecule has 2 rings (SSSR count). The van der Waals surface area contributed by atoms with E-state index in [-0.39, 0.29) is 46.5 Å². The summed E-state index contributed by atoms with van der Waals surface area (Å²) in [5.41, 5.74) is 2.61. The monoisotopic (exact) mass is 252 g/mol. The second-order valence-corrected chi connectivity index (χ2v) is 2.51. The van der Waals surface area contributed by atoms with Crippen LogP contribution in [-0.4, -0.2) is 6.54 Å². The minimum Gasteiger partial charge on any atom is -0.437 e. The molecule has 0 fully saturated rings. The van der Waals surface area contributed by atoms with Gasteiger partial charge in [0.2, 0.25) is 0 Å². The molecule has 1 aromatic rings. The fourth-order valence-electron chi connectivity index (χ4n) is 1.27. The van der Waals surface area contributed by atoms with E-state index in [1.165, 1.54) is 11.3 Å². The van der Waals surface area contributed by atoms with Crippen LogP contribution in [0.3, 0.4) is 0 Å². The van der Waals surface area contributed by atoms with E-state index in [4.69, 9.17) is 0 Å². The summed E-state index contributed by atoms with van der Waals surface area (Å²) < 4.78 is 0. The van der Waals surface area contributed by atoms with Gasteiger partial charge < -0.3 is 5.32 Å². The van der Waals surface area contributed by atoms with Crippen molar-refractivity contribution in [3.63, 3.8) is 0 Å². The van der Waals surface area contributed by atoms with Crippen molar-refractivity contribution in [2.24, 2.45) is 0 Å². The molecule has 0 unspecified atom stereocenters. The van der Waals surface area contributed by atoms with Gasteiger partial charge in [-0.05, 0) is 6.54 Å². The molecule has 0 aromatic heterocycles. The third-order valence-corrected chi connectivity index (χ3v) is 1.78. The van der Waals surface area contributed by atoms with Crippen LogP contribution in [0.25, 0.3) is 0 Å². The molecule has 0 saturated carbocycles. The molecule has 1 N–H and O–H groups in total. The van der Waals surface area contributed by atoms with E-state index in [2.05, 4.69) is 36.0 Å². The van der Waals surface area contributed by atoms with Crippen molar-refractivity contribution in [2.45, 2.75) is 6.42 Å². The van der Waals surface area contributed by atoms with Crippen LogP contribution in [0.15, 0.2) is 24.3 Å². The van der Waals surface area contributed by atoms with Crippen LogP contribution < -0.4 is 5.32 Å². The SMILES string of the molecule is Cl.Cl.[Ti].c1ccc2c(c1)[CH-]CCN2. The van der Waals surface area contributed by atoms with Gasteiger partial charge in [-0.25, -0.2) is 0 Å². The van der Waals surface area contributed by atoms with Crippen molar-refractivity contribution in [1.29, 1.82) is 0 Å². The van der Waals surface area contributed by atoms with Crippen LogP contribution in [0.2, 0.25) is 0 Å². The number of nitrogens with one attached hydrogen (secondary N) is 1. The number of para-hydroxylation sites is 1. The van der Waals surface area contributed by atoms with Gasteiger partial charge in [0, 0.05) is 21.7 Å². The quantitative estimate of drug-likeness (QED) is 0.553. The summed E-state index contributed by atoms with van der Waals surface area (Å²) in [6, 6.07) is 8.39. The third-order valence-electron chi connectivity index (χ3n) is 1.78. The van der Waals surface area contributed by atoms with Crippen molar-refractivity contribution >= 4 is 30.5 Å². The van der Waals surface area contributed by atoms with Gasteiger partial charge >= 0.3 is 0 Å². The minimum absolute atomic E-state index is 0. The van der Waals surface area contributed by atoms with Gasteiger partial charge in [-0.3, -0.25) is 0 Å². The number of hydrogen-bond acceptors (Lipinski definition) is 1. The zero-order chi connectivity index (χ0) is 6.81. The van der Waals surface area contributed by atoms with Gasteiger partial charge in [0.1, 0.15) is 0 Å².